The zero-order chi connectivity index (χ0) is 16.5. The van der Waals surface area contributed by atoms with Crippen LogP contribution in [-0.4, -0.2) is 17.4 Å². The molecule has 23 heavy (non-hydrogen) atoms. The van der Waals surface area contributed by atoms with E-state index in [9.17, 15) is 0 Å². The predicted octanol–water partition coefficient (Wildman–Crippen LogP) is 3.47. The molecule has 4 nitrogen and oxygen atoms in total. The Bertz CT molecular complexity index is 656. The molecule has 0 saturated heterocycles. The molecule has 120 valence electrons. The molecule has 0 aliphatic rings. The van der Waals surface area contributed by atoms with Gasteiger partial charge in [-0.25, -0.2) is 0 Å². The summed E-state index contributed by atoms with van der Waals surface area (Å²) in [7, 11) is 0. The van der Waals surface area contributed by atoms with Crippen LogP contribution >= 0.6 is 12.2 Å². The van der Waals surface area contributed by atoms with Gasteiger partial charge in [-0.15, -0.1) is 0 Å². The number of ether oxygens (including phenoxy) is 1. The van der Waals surface area contributed by atoms with Gasteiger partial charge in [-0.05, 0) is 49.3 Å². The Hall–Kier alpha value is -2.40. The summed E-state index contributed by atoms with van der Waals surface area (Å²) in [5.74, 6) is 0.806. The van der Waals surface area contributed by atoms with Crippen LogP contribution in [0, 0.1) is 0 Å². The quantitative estimate of drug-likeness (QED) is 0.484. The van der Waals surface area contributed by atoms with Gasteiger partial charge in [-0.1, -0.05) is 42.5 Å². The molecule has 0 aromatic heterocycles. The summed E-state index contributed by atoms with van der Waals surface area (Å²) in [4.78, 5) is 0. The smallest absolute Gasteiger partial charge is 0.187 e. The molecule has 0 heterocycles. The Kier molecular flexibility index (Phi) is 6.56. The van der Waals surface area contributed by atoms with Gasteiger partial charge in [0.15, 0.2) is 5.11 Å². The highest BCUT2D eigenvalue weighted by Crippen LogP contribution is 2.14. The van der Waals surface area contributed by atoms with Gasteiger partial charge in [-0.2, -0.15) is 5.10 Å². The number of hydrogen-bond acceptors (Lipinski definition) is 3. The first-order valence-corrected chi connectivity index (χ1v) is 7.90. The molecule has 2 N–H and O–H groups in total. The summed E-state index contributed by atoms with van der Waals surface area (Å²) < 4.78 is 5.79. The van der Waals surface area contributed by atoms with E-state index in [1.165, 1.54) is 0 Å². The van der Waals surface area contributed by atoms with E-state index in [1.54, 1.807) is 6.21 Å². The summed E-state index contributed by atoms with van der Waals surface area (Å²) >= 11 is 5.11. The van der Waals surface area contributed by atoms with Crippen LogP contribution in [-0.2, 0) is 6.61 Å². The zero-order valence-electron chi connectivity index (χ0n) is 13.3. The highest BCUT2D eigenvalue weighted by Gasteiger charge is 1.98. The van der Waals surface area contributed by atoms with Crippen molar-refractivity contribution in [2.24, 2.45) is 5.10 Å². The molecule has 2 aromatic carbocycles. The minimum absolute atomic E-state index is 0.278. The first-order valence-electron chi connectivity index (χ1n) is 7.50. The fourth-order valence-electron chi connectivity index (χ4n) is 1.89. The van der Waals surface area contributed by atoms with E-state index in [2.05, 4.69) is 15.8 Å². The van der Waals surface area contributed by atoms with Gasteiger partial charge in [0.2, 0.25) is 0 Å². The molecule has 5 heteroatoms. The molecule has 0 amide bonds. The third kappa shape index (κ3) is 6.48. The number of nitrogens with one attached hydrogen (secondary N) is 2. The molecule has 2 aromatic rings. The van der Waals surface area contributed by atoms with Crippen molar-refractivity contribution in [1.29, 1.82) is 0 Å². The molecular weight excluding hydrogens is 306 g/mol. The van der Waals surface area contributed by atoms with E-state index in [1.807, 2.05) is 68.4 Å². The monoisotopic (exact) mass is 327 g/mol. The van der Waals surface area contributed by atoms with Gasteiger partial charge in [0.25, 0.3) is 0 Å². The second-order valence-corrected chi connectivity index (χ2v) is 5.75. The van der Waals surface area contributed by atoms with Crippen molar-refractivity contribution >= 4 is 23.5 Å². The van der Waals surface area contributed by atoms with Crippen molar-refractivity contribution in [3.63, 3.8) is 0 Å². The largest absolute Gasteiger partial charge is 0.489 e. The summed E-state index contributed by atoms with van der Waals surface area (Å²) in [6, 6.07) is 18.1. The van der Waals surface area contributed by atoms with E-state index < -0.39 is 0 Å². The molecular formula is C18H21N3OS. The Labute approximate surface area is 142 Å². The van der Waals surface area contributed by atoms with Gasteiger partial charge in [0, 0.05) is 6.04 Å². The van der Waals surface area contributed by atoms with Crippen LogP contribution < -0.4 is 15.5 Å². The van der Waals surface area contributed by atoms with Crippen molar-refractivity contribution in [2.75, 3.05) is 0 Å². The highest BCUT2D eigenvalue weighted by atomic mass is 32.1. The molecule has 2 rings (SSSR count). The molecule has 0 spiro atoms. The third-order valence-corrected chi connectivity index (χ3v) is 3.12. The predicted molar refractivity (Wildman–Crippen MR) is 98.8 cm³/mol. The summed E-state index contributed by atoms with van der Waals surface area (Å²) in [6.45, 7) is 4.58. The van der Waals surface area contributed by atoms with E-state index in [0.717, 1.165) is 16.9 Å². The lowest BCUT2D eigenvalue weighted by molar-refractivity contribution is 0.306. The van der Waals surface area contributed by atoms with Crippen molar-refractivity contribution in [3.8, 4) is 5.75 Å². The Morgan fingerprint density at radius 2 is 1.96 bits per heavy atom. The maximum atomic E-state index is 5.79. The Morgan fingerprint density at radius 3 is 2.70 bits per heavy atom. The van der Waals surface area contributed by atoms with Crippen molar-refractivity contribution in [1.82, 2.24) is 10.7 Å². The second kappa shape index (κ2) is 8.90. The summed E-state index contributed by atoms with van der Waals surface area (Å²) in [6.07, 6.45) is 1.71. The molecule has 0 atom stereocenters. The Balaban J connectivity index is 1.88. The summed E-state index contributed by atoms with van der Waals surface area (Å²) in [5, 5.41) is 7.69. The fraction of sp³-hybridized carbons (Fsp3) is 0.222. The van der Waals surface area contributed by atoms with Crippen LogP contribution in [0.3, 0.4) is 0 Å². The number of hydrazone groups is 1. The van der Waals surface area contributed by atoms with Crippen LogP contribution in [0.2, 0.25) is 0 Å². The van der Waals surface area contributed by atoms with Crippen molar-refractivity contribution in [2.45, 2.75) is 26.5 Å². The third-order valence-electron chi connectivity index (χ3n) is 2.91. The average Bonchev–Trinajstić information content (AvgIpc) is 2.54. The number of thiocarbonyl (C=S) groups is 1. The first kappa shape index (κ1) is 17.0. The van der Waals surface area contributed by atoms with Crippen LogP contribution in [0.15, 0.2) is 59.7 Å². The van der Waals surface area contributed by atoms with Gasteiger partial charge < -0.3 is 10.1 Å². The molecule has 0 aliphatic carbocycles. The van der Waals surface area contributed by atoms with Gasteiger partial charge >= 0.3 is 0 Å². The number of hydrogen-bond donors (Lipinski definition) is 2. The van der Waals surface area contributed by atoms with E-state index >= 15 is 0 Å². The first-order chi connectivity index (χ1) is 11.1. The highest BCUT2D eigenvalue weighted by molar-refractivity contribution is 7.80. The molecule has 0 aliphatic heterocycles. The van der Waals surface area contributed by atoms with Gasteiger partial charge in [0.1, 0.15) is 12.4 Å². The van der Waals surface area contributed by atoms with Crippen LogP contribution in [0.25, 0.3) is 0 Å². The minimum Gasteiger partial charge on any atom is -0.489 e. The van der Waals surface area contributed by atoms with Gasteiger partial charge in [0.05, 0.1) is 6.21 Å². The van der Waals surface area contributed by atoms with E-state index in [0.29, 0.717) is 11.7 Å². The lowest BCUT2D eigenvalue weighted by atomic mass is 10.2. The molecule has 0 unspecified atom stereocenters. The molecule has 0 saturated carbocycles. The number of benzene rings is 2. The lowest BCUT2D eigenvalue weighted by Crippen LogP contribution is -2.36. The Morgan fingerprint density at radius 1 is 1.17 bits per heavy atom. The lowest BCUT2D eigenvalue weighted by Gasteiger charge is -2.09. The maximum absolute atomic E-state index is 5.79. The topological polar surface area (TPSA) is 45.7 Å². The molecule has 0 bridgehead atoms. The van der Waals surface area contributed by atoms with Crippen molar-refractivity contribution < 1.29 is 4.74 Å². The standard InChI is InChI=1S/C18H21N3OS/c1-14(2)20-18(23)21-19-12-16-9-6-10-17(11-16)22-13-15-7-4-3-5-8-15/h3-12,14H,13H2,1-2H3,(H2,20,21,23)/b19-12-. The number of nitrogens with zero attached hydrogens (tertiary/aromatic N) is 1. The molecule has 0 fully saturated rings. The van der Waals surface area contributed by atoms with Crippen LogP contribution in [0.5, 0.6) is 5.75 Å². The SMILES string of the molecule is CC(C)NC(=S)N/N=C\c1cccc(OCc2ccccc2)c1. The minimum atomic E-state index is 0.278. The number of rotatable bonds is 6. The average molecular weight is 327 g/mol. The second-order valence-electron chi connectivity index (χ2n) is 5.34. The van der Waals surface area contributed by atoms with Crippen LogP contribution in [0.4, 0.5) is 0 Å². The van der Waals surface area contributed by atoms with Gasteiger partial charge in [-0.3, -0.25) is 5.43 Å². The maximum Gasteiger partial charge on any atom is 0.187 e. The van der Waals surface area contributed by atoms with E-state index in [4.69, 9.17) is 17.0 Å². The summed E-state index contributed by atoms with van der Waals surface area (Å²) in [5.41, 5.74) is 4.87. The fourth-order valence-corrected chi connectivity index (χ4v) is 2.17. The van der Waals surface area contributed by atoms with E-state index in [-0.39, 0.29) is 6.04 Å². The normalized spacial score (nSPS) is 10.7. The molecule has 0 radical (unpaired) electrons. The van der Waals surface area contributed by atoms with Crippen molar-refractivity contribution in [3.05, 3.63) is 65.7 Å². The zero-order valence-corrected chi connectivity index (χ0v) is 14.1. The van der Waals surface area contributed by atoms with Crippen LogP contribution in [0.1, 0.15) is 25.0 Å².